The molecule has 12 nitrogen and oxygen atoms in total. The van der Waals surface area contributed by atoms with Crippen LogP contribution in [0.4, 0.5) is 17.3 Å². The van der Waals surface area contributed by atoms with E-state index in [0.717, 1.165) is 0 Å². The zero-order valence-electron chi connectivity index (χ0n) is 18.8. The van der Waals surface area contributed by atoms with E-state index in [-0.39, 0.29) is 34.4 Å². The van der Waals surface area contributed by atoms with Gasteiger partial charge in [-0.3, -0.25) is 4.79 Å². The van der Waals surface area contributed by atoms with Crippen molar-refractivity contribution in [2.24, 2.45) is 10.2 Å². The van der Waals surface area contributed by atoms with Crippen LogP contribution in [0, 0.1) is 22.7 Å². The van der Waals surface area contributed by atoms with Crippen LogP contribution in [-0.4, -0.2) is 35.7 Å². The van der Waals surface area contributed by atoms with Crippen molar-refractivity contribution < 1.29 is 9.90 Å². The lowest BCUT2D eigenvalue weighted by Gasteiger charge is -2.11. The molecule has 0 aliphatic rings. The van der Waals surface area contributed by atoms with Crippen LogP contribution in [0.1, 0.15) is 21.5 Å². The molecule has 12 heteroatoms. The van der Waals surface area contributed by atoms with Crippen LogP contribution in [0.15, 0.2) is 83.5 Å². The van der Waals surface area contributed by atoms with Crippen LogP contribution in [0.5, 0.6) is 5.75 Å². The van der Waals surface area contributed by atoms with Crippen molar-refractivity contribution in [2.75, 3.05) is 5.32 Å². The maximum absolute atomic E-state index is 13.0. The number of phenols is 1. The Morgan fingerprint density at radius 2 is 1.78 bits per heavy atom. The number of phenolic OH excluding ortho intramolecular Hbond substituents is 1. The number of azo groups is 1. The zero-order chi connectivity index (χ0) is 25.8. The molecule has 37 heavy (non-hydrogen) atoms. The lowest BCUT2D eigenvalue weighted by Crippen LogP contribution is -2.13. The van der Waals surface area contributed by atoms with Crippen LogP contribution < -0.4 is 5.32 Å². The van der Waals surface area contributed by atoms with E-state index in [1.165, 1.54) is 47.7 Å². The minimum atomic E-state index is -0.641. The number of rotatable bonds is 5. The highest BCUT2D eigenvalue weighted by atomic mass is 16.3. The number of hydrogen-bond donors (Lipinski definition) is 2. The van der Waals surface area contributed by atoms with Crippen LogP contribution in [-0.2, 0) is 0 Å². The molecule has 2 N–H and O–H groups in total. The van der Waals surface area contributed by atoms with Crippen molar-refractivity contribution >= 4 is 34.0 Å². The summed E-state index contributed by atoms with van der Waals surface area (Å²) in [5.74, 6) is -0.638. The number of amides is 1. The highest BCUT2D eigenvalue weighted by Gasteiger charge is 2.20. The summed E-state index contributed by atoms with van der Waals surface area (Å²) in [6, 6.07) is 17.1. The molecule has 0 radical (unpaired) electrons. The molecule has 0 saturated heterocycles. The largest absolute Gasteiger partial charge is 0.505 e. The quantitative estimate of drug-likeness (QED) is 0.345. The highest BCUT2D eigenvalue weighted by Crippen LogP contribution is 2.40. The first-order chi connectivity index (χ1) is 18.1. The molecule has 0 saturated carbocycles. The van der Waals surface area contributed by atoms with Crippen molar-refractivity contribution in [2.45, 2.75) is 0 Å². The number of fused-ring (bicyclic) bond motifs is 1. The third kappa shape index (κ3) is 4.41. The van der Waals surface area contributed by atoms with E-state index < -0.39 is 11.7 Å². The molecule has 0 atom stereocenters. The Balaban J connectivity index is 1.58. The molecule has 3 heterocycles. The molecule has 176 valence electrons. The number of aromatic hydroxyl groups is 1. The van der Waals surface area contributed by atoms with Crippen LogP contribution in [0.3, 0.4) is 0 Å². The summed E-state index contributed by atoms with van der Waals surface area (Å²) in [4.78, 5) is 25.3. The molecule has 0 bridgehead atoms. The minimum absolute atomic E-state index is 0.0154. The Kier molecular flexibility index (Phi) is 5.96. The monoisotopic (exact) mass is 486 g/mol. The average Bonchev–Trinajstić information content (AvgIpc) is 3.36. The summed E-state index contributed by atoms with van der Waals surface area (Å²) in [7, 11) is 0. The Labute approximate surface area is 208 Å². The molecule has 0 unspecified atom stereocenters. The summed E-state index contributed by atoms with van der Waals surface area (Å²) in [5.41, 5.74) is 0.396. The van der Waals surface area contributed by atoms with Crippen LogP contribution in [0.2, 0.25) is 0 Å². The second-order valence-corrected chi connectivity index (χ2v) is 7.49. The van der Waals surface area contributed by atoms with Gasteiger partial charge in [-0.25, -0.2) is 15.0 Å². The van der Waals surface area contributed by atoms with Gasteiger partial charge in [0.15, 0.2) is 11.6 Å². The van der Waals surface area contributed by atoms with Gasteiger partial charge in [0, 0.05) is 24.0 Å². The summed E-state index contributed by atoms with van der Waals surface area (Å²) in [6.45, 7) is 0. The molecule has 1 amide bonds. The molecule has 5 rings (SSSR count). The number of benzene rings is 2. The fourth-order valence-corrected chi connectivity index (χ4v) is 3.47. The molecular weight excluding hydrogens is 472 g/mol. The van der Waals surface area contributed by atoms with Gasteiger partial charge >= 0.3 is 0 Å². The molecule has 0 aliphatic carbocycles. The van der Waals surface area contributed by atoms with Crippen molar-refractivity contribution in [3.05, 3.63) is 90.0 Å². The van der Waals surface area contributed by atoms with E-state index in [4.69, 9.17) is 5.26 Å². The van der Waals surface area contributed by atoms with E-state index >= 15 is 0 Å². The second-order valence-electron chi connectivity index (χ2n) is 7.49. The summed E-state index contributed by atoms with van der Waals surface area (Å²) >= 11 is 0. The van der Waals surface area contributed by atoms with Crippen LogP contribution in [0.25, 0.3) is 16.7 Å². The number of carbonyl (C=O) groups excluding carboxylic acids is 1. The van der Waals surface area contributed by atoms with E-state index in [2.05, 4.69) is 35.6 Å². The van der Waals surface area contributed by atoms with Crippen molar-refractivity contribution in [3.63, 3.8) is 0 Å². The first kappa shape index (κ1) is 22.8. The number of nitriles is 2. The van der Waals surface area contributed by atoms with Gasteiger partial charge < -0.3 is 10.4 Å². The Morgan fingerprint density at radius 1 is 0.973 bits per heavy atom. The topological polar surface area (TPSA) is 178 Å². The summed E-state index contributed by atoms with van der Waals surface area (Å²) < 4.78 is 1.24. The molecular formula is C25H14N10O2. The van der Waals surface area contributed by atoms with Gasteiger partial charge in [-0.05, 0) is 29.7 Å². The number of anilines is 1. The standard InChI is InChI=1S/C25H14N10O2/c26-11-15-6-7-20(30-13-15)32-24(37)19-10-16-4-1-2-5-18(16)21(22(19)36)33-34-23-17(12-27)14-31-35(23)25-28-8-3-9-29-25/h1-10,13-14,36H,(H,30,32,37). The molecule has 2 aromatic carbocycles. The van der Waals surface area contributed by atoms with E-state index in [1.54, 1.807) is 30.3 Å². The first-order valence-electron chi connectivity index (χ1n) is 10.7. The Morgan fingerprint density at radius 3 is 2.51 bits per heavy atom. The van der Waals surface area contributed by atoms with Gasteiger partial charge in [0.25, 0.3) is 11.9 Å². The normalized spacial score (nSPS) is 10.8. The number of nitrogens with zero attached hydrogens (tertiary/aromatic N) is 9. The maximum Gasteiger partial charge on any atom is 0.260 e. The lowest BCUT2D eigenvalue weighted by molar-refractivity contribution is 0.102. The number of nitrogens with one attached hydrogen (secondary N) is 1. The first-order valence-corrected chi connectivity index (χ1v) is 10.7. The molecule has 5 aromatic rings. The van der Waals surface area contributed by atoms with E-state index in [1.807, 2.05) is 12.1 Å². The summed E-state index contributed by atoms with van der Waals surface area (Å²) in [6.07, 6.45) is 5.65. The van der Waals surface area contributed by atoms with Crippen LogP contribution >= 0.6 is 0 Å². The number of carbonyl (C=O) groups is 1. The van der Waals surface area contributed by atoms with E-state index in [9.17, 15) is 15.2 Å². The Bertz CT molecular complexity index is 1750. The maximum atomic E-state index is 13.0. The number of aromatic nitrogens is 5. The van der Waals surface area contributed by atoms with Gasteiger partial charge in [-0.15, -0.1) is 10.2 Å². The van der Waals surface area contributed by atoms with Gasteiger partial charge in [0.2, 0.25) is 0 Å². The molecule has 0 spiro atoms. The van der Waals surface area contributed by atoms with E-state index in [0.29, 0.717) is 16.3 Å². The van der Waals surface area contributed by atoms with Crippen molar-refractivity contribution in [3.8, 4) is 23.8 Å². The van der Waals surface area contributed by atoms with Gasteiger partial charge in [-0.1, -0.05) is 24.3 Å². The van der Waals surface area contributed by atoms with Gasteiger partial charge in [0.05, 0.1) is 17.3 Å². The second kappa shape index (κ2) is 9.69. The summed E-state index contributed by atoms with van der Waals surface area (Å²) in [5, 5.41) is 45.8. The predicted molar refractivity (Wildman–Crippen MR) is 131 cm³/mol. The number of hydrogen-bond acceptors (Lipinski definition) is 10. The highest BCUT2D eigenvalue weighted by molar-refractivity contribution is 6.11. The van der Waals surface area contributed by atoms with Gasteiger partial charge in [-0.2, -0.15) is 20.3 Å². The smallest absolute Gasteiger partial charge is 0.260 e. The fraction of sp³-hybridized carbons (Fsp3) is 0. The zero-order valence-corrected chi connectivity index (χ0v) is 18.8. The minimum Gasteiger partial charge on any atom is -0.505 e. The lowest BCUT2D eigenvalue weighted by atomic mass is 10.0. The molecule has 0 fully saturated rings. The van der Waals surface area contributed by atoms with Crippen molar-refractivity contribution in [1.82, 2.24) is 24.7 Å². The fourth-order valence-electron chi connectivity index (χ4n) is 3.47. The molecule has 3 aromatic heterocycles. The van der Waals surface area contributed by atoms with Crippen molar-refractivity contribution in [1.29, 1.82) is 10.5 Å². The predicted octanol–water partition coefficient (Wildman–Crippen LogP) is 4.33. The third-order valence-corrected chi connectivity index (χ3v) is 5.22. The SMILES string of the molecule is N#Cc1ccc(NC(=O)c2cc3ccccc3c(N=Nc3c(C#N)cnn3-c3ncccn3)c2O)nc1. The average molecular weight is 486 g/mol. The third-order valence-electron chi connectivity index (χ3n) is 5.22. The number of pyridine rings is 1. The van der Waals surface area contributed by atoms with Gasteiger partial charge in [0.1, 0.15) is 29.2 Å². The molecule has 0 aliphatic heterocycles. The Hall–Kier alpha value is -6.01.